The molecule has 44 heavy (non-hydrogen) atoms. The first-order valence-corrected chi connectivity index (χ1v) is 16.2. The molecule has 4 N–H and O–H groups in total. The van der Waals surface area contributed by atoms with Gasteiger partial charge in [-0.05, 0) is 71.7 Å². The summed E-state index contributed by atoms with van der Waals surface area (Å²) in [6, 6.07) is 5.25. The molecule has 8 atom stereocenters. The number of benzene rings is 1. The number of amides is 1. The number of hydrogen-bond donors (Lipinski definition) is 4. The third-order valence-electron chi connectivity index (χ3n) is 12.3. The molecule has 0 bridgehead atoms. The molecule has 1 amide bonds. The Hall–Kier alpha value is -2.37. The Morgan fingerprint density at radius 3 is 2.43 bits per heavy atom. The van der Waals surface area contributed by atoms with E-state index in [1.165, 1.54) is 0 Å². The first kappa shape index (κ1) is 31.6. The maximum atomic E-state index is 14.3. The number of carbonyl (C=O) groups is 3. The lowest BCUT2D eigenvalue weighted by molar-refractivity contribution is -0.184. The molecule has 4 fully saturated rings. The molecule has 1 spiro atoms. The van der Waals surface area contributed by atoms with E-state index in [9.17, 15) is 19.5 Å². The molecule has 1 unspecified atom stereocenters. The van der Waals surface area contributed by atoms with Crippen LogP contribution in [0, 0.1) is 11.3 Å². The van der Waals surface area contributed by atoms with Gasteiger partial charge in [0.05, 0.1) is 27.8 Å². The van der Waals surface area contributed by atoms with Gasteiger partial charge in [-0.1, -0.05) is 39.8 Å². The number of esters is 1. The summed E-state index contributed by atoms with van der Waals surface area (Å²) in [6.07, 6.45) is 1.33. The predicted octanol–water partition coefficient (Wildman–Crippen LogP) is 2.77. The van der Waals surface area contributed by atoms with Crippen LogP contribution in [0.15, 0.2) is 18.2 Å². The molecule has 3 saturated heterocycles. The second-order valence-corrected chi connectivity index (χ2v) is 15.5. The zero-order valence-electron chi connectivity index (χ0n) is 27.7. The number of carbonyl (C=O) groups excluding carboxylic acids is 3. The maximum absolute atomic E-state index is 14.3. The number of likely N-dealkylation sites (N-methyl/N-ethyl adjacent to an activating group) is 2. The van der Waals surface area contributed by atoms with E-state index in [4.69, 9.17) is 9.47 Å². The number of para-hydroxylation sites is 1. The second-order valence-electron chi connectivity index (χ2n) is 15.5. The van der Waals surface area contributed by atoms with Gasteiger partial charge in [0.15, 0.2) is 5.78 Å². The summed E-state index contributed by atoms with van der Waals surface area (Å²) in [5, 5.41) is 22.7. The highest BCUT2D eigenvalue weighted by Crippen LogP contribution is 2.69. The van der Waals surface area contributed by atoms with Gasteiger partial charge < -0.3 is 30.5 Å². The number of epoxide rings is 1. The van der Waals surface area contributed by atoms with Crippen LogP contribution in [0.2, 0.25) is 0 Å². The van der Waals surface area contributed by atoms with Gasteiger partial charge in [0.2, 0.25) is 5.91 Å². The third kappa shape index (κ3) is 4.06. The fourth-order valence-corrected chi connectivity index (χ4v) is 9.56. The molecule has 1 aromatic rings. The summed E-state index contributed by atoms with van der Waals surface area (Å²) in [4.78, 5) is 43.3. The van der Waals surface area contributed by atoms with Crippen LogP contribution in [0.1, 0.15) is 90.1 Å². The van der Waals surface area contributed by atoms with Crippen molar-refractivity contribution in [3.8, 4) is 0 Å². The topological polar surface area (TPSA) is 133 Å². The van der Waals surface area contributed by atoms with E-state index >= 15 is 0 Å². The van der Waals surface area contributed by atoms with E-state index in [0.717, 1.165) is 5.56 Å². The molecular weight excluding hydrogens is 560 g/mol. The van der Waals surface area contributed by atoms with Gasteiger partial charge in [-0.15, -0.1) is 0 Å². The number of hydrogen-bond acceptors (Lipinski definition) is 9. The lowest BCUT2D eigenvalue weighted by Gasteiger charge is -2.60. The summed E-state index contributed by atoms with van der Waals surface area (Å²) < 4.78 is 11.7. The van der Waals surface area contributed by atoms with E-state index in [0.29, 0.717) is 43.5 Å². The molecule has 10 heteroatoms. The van der Waals surface area contributed by atoms with Crippen molar-refractivity contribution in [3.63, 3.8) is 0 Å². The number of piperidine rings is 2. The van der Waals surface area contributed by atoms with Crippen molar-refractivity contribution in [2.75, 3.05) is 26.0 Å². The number of fused-ring (bicyclic) bond motifs is 4. The van der Waals surface area contributed by atoms with Crippen molar-refractivity contribution in [1.29, 1.82) is 0 Å². The molecule has 0 aromatic heterocycles. The Labute approximate surface area is 261 Å². The van der Waals surface area contributed by atoms with Gasteiger partial charge in [-0.2, -0.15) is 0 Å². The molecular formula is C34H50N4O6. The highest BCUT2D eigenvalue weighted by Gasteiger charge is 2.79. The standard InChI is InChI=1S/C34H50N4O6/c1-18(2)24(35-8)28(40)43-21-13-19(3)38-17-32(36-9)16-33(31(6,7)34(32,42)15-20(38)14-21)23-12-10-11-22(25(23)37-29(33)41)26(39)27-30(4,5)44-27/h10-12,18-21,24,27,35-36,42H,13-17H2,1-9H3,(H,37,41)/t19-,20+,21+,24?,27+,32+,33-,34-/m0/s1. The van der Waals surface area contributed by atoms with Crippen molar-refractivity contribution in [1.82, 2.24) is 15.5 Å². The monoisotopic (exact) mass is 610 g/mol. The van der Waals surface area contributed by atoms with Crippen LogP contribution < -0.4 is 16.0 Å². The van der Waals surface area contributed by atoms with Gasteiger partial charge in [0.1, 0.15) is 18.2 Å². The van der Waals surface area contributed by atoms with Crippen molar-refractivity contribution in [3.05, 3.63) is 29.3 Å². The Balaban J connectivity index is 1.35. The van der Waals surface area contributed by atoms with E-state index in [-0.39, 0.29) is 47.8 Å². The number of nitrogens with zero attached hydrogens (tertiary/aromatic N) is 1. The average molecular weight is 611 g/mol. The van der Waals surface area contributed by atoms with E-state index in [1.54, 1.807) is 13.1 Å². The minimum atomic E-state index is -1.28. The van der Waals surface area contributed by atoms with E-state index in [2.05, 4.69) is 27.8 Å². The minimum Gasteiger partial charge on any atom is -0.461 e. The largest absolute Gasteiger partial charge is 0.461 e. The fraction of sp³-hybridized carbons (Fsp3) is 0.735. The minimum absolute atomic E-state index is 0.0318. The van der Waals surface area contributed by atoms with Crippen LogP contribution in [0.3, 0.4) is 0 Å². The summed E-state index contributed by atoms with van der Waals surface area (Å²) in [5.41, 5.74) is -2.83. The highest BCUT2D eigenvalue weighted by atomic mass is 16.6. The molecule has 10 nitrogen and oxygen atoms in total. The SMILES string of the molecule is CNC(C(=O)O[C@H]1C[C@@H]2C[C@]3(O)C(C)(C)[C@]4(C[C@@]3(NC)CN2[C@@H](C)C1)C(=O)Nc1c(C(=O)[C@H]2OC2(C)C)cccc14)C(C)C. The molecule has 0 radical (unpaired) electrons. The Morgan fingerprint density at radius 1 is 1.16 bits per heavy atom. The Morgan fingerprint density at radius 2 is 1.84 bits per heavy atom. The van der Waals surface area contributed by atoms with Crippen molar-refractivity contribution >= 4 is 23.3 Å². The molecule has 242 valence electrons. The maximum Gasteiger partial charge on any atom is 0.323 e. The van der Waals surface area contributed by atoms with Gasteiger partial charge in [0, 0.05) is 36.0 Å². The molecule has 1 saturated carbocycles. The molecule has 1 aromatic carbocycles. The number of ether oxygens (including phenoxy) is 2. The Bertz CT molecular complexity index is 1390. The number of nitrogens with one attached hydrogen (secondary N) is 3. The van der Waals surface area contributed by atoms with Crippen LogP contribution in [0.5, 0.6) is 0 Å². The van der Waals surface area contributed by atoms with Crippen molar-refractivity contribution in [2.45, 2.75) is 127 Å². The Kier molecular flexibility index (Phi) is 7.23. The lowest BCUT2D eigenvalue weighted by atomic mass is 9.57. The number of Topliss-reactive ketones (excluding diaryl/α,β-unsaturated/α-hetero) is 1. The van der Waals surface area contributed by atoms with Gasteiger partial charge >= 0.3 is 5.97 Å². The second kappa shape index (κ2) is 10.1. The summed E-state index contributed by atoms with van der Waals surface area (Å²) in [7, 11) is 3.66. The third-order valence-corrected chi connectivity index (χ3v) is 12.3. The van der Waals surface area contributed by atoms with Gasteiger partial charge in [-0.25, -0.2) is 0 Å². The van der Waals surface area contributed by atoms with Gasteiger partial charge in [0.25, 0.3) is 0 Å². The molecule has 4 heterocycles. The zero-order chi connectivity index (χ0) is 32.2. The first-order chi connectivity index (χ1) is 20.5. The summed E-state index contributed by atoms with van der Waals surface area (Å²) in [5.74, 6) is -0.455. The molecule has 6 rings (SSSR count). The number of rotatable bonds is 7. The molecule has 5 aliphatic rings. The summed E-state index contributed by atoms with van der Waals surface area (Å²) >= 11 is 0. The van der Waals surface area contributed by atoms with Crippen LogP contribution in [-0.4, -0.2) is 95.4 Å². The number of anilines is 1. The van der Waals surface area contributed by atoms with Crippen LogP contribution in [0.25, 0.3) is 0 Å². The van der Waals surface area contributed by atoms with Crippen molar-refractivity contribution in [2.24, 2.45) is 11.3 Å². The number of ketones is 1. The lowest BCUT2D eigenvalue weighted by Crippen LogP contribution is -2.75. The van der Waals surface area contributed by atoms with Crippen LogP contribution in [0.4, 0.5) is 5.69 Å². The summed E-state index contributed by atoms with van der Waals surface area (Å²) in [6.45, 7) is 14.5. The smallest absolute Gasteiger partial charge is 0.323 e. The first-order valence-electron chi connectivity index (χ1n) is 16.2. The van der Waals surface area contributed by atoms with Crippen LogP contribution in [-0.2, 0) is 24.5 Å². The fourth-order valence-electron chi connectivity index (χ4n) is 9.56. The normalized spacial score (nSPS) is 38.9. The van der Waals surface area contributed by atoms with E-state index < -0.39 is 33.7 Å². The quantitative estimate of drug-likeness (QED) is 0.209. The zero-order valence-corrected chi connectivity index (χ0v) is 27.7. The number of aliphatic hydroxyl groups is 1. The molecule has 1 aliphatic carbocycles. The average Bonchev–Trinajstić information content (AvgIpc) is 3.43. The van der Waals surface area contributed by atoms with E-state index in [1.807, 2.05) is 60.7 Å². The molecule has 4 aliphatic heterocycles. The van der Waals surface area contributed by atoms with Crippen molar-refractivity contribution < 1.29 is 29.0 Å². The van der Waals surface area contributed by atoms with Crippen LogP contribution >= 0.6 is 0 Å². The predicted molar refractivity (Wildman–Crippen MR) is 167 cm³/mol. The highest BCUT2D eigenvalue weighted by molar-refractivity contribution is 6.15. The van der Waals surface area contributed by atoms with Gasteiger partial charge in [-0.3, -0.25) is 19.3 Å².